The molecule has 0 aromatic heterocycles. The van der Waals surface area contributed by atoms with Crippen LogP contribution >= 0.6 is 0 Å². The van der Waals surface area contributed by atoms with Gasteiger partial charge in [0.05, 0.1) is 7.11 Å². The Kier molecular flexibility index (Phi) is 6.81. The molecule has 0 heterocycles. The topological polar surface area (TPSA) is 21.3 Å². The number of aryl methyl sites for hydroxylation is 1. The molecule has 0 aliphatic carbocycles. The van der Waals surface area contributed by atoms with Gasteiger partial charge in [-0.05, 0) is 49.4 Å². The Balaban J connectivity index is 2.42. The van der Waals surface area contributed by atoms with Crippen LogP contribution < -0.4 is 10.1 Å². The van der Waals surface area contributed by atoms with Crippen LogP contribution in [-0.4, -0.2) is 19.7 Å². The average molecular weight is 249 g/mol. The molecule has 2 unspecified atom stereocenters. The maximum Gasteiger partial charge on any atom is 0.118 e. The number of nitrogens with one attached hydrogen (secondary N) is 1. The highest BCUT2D eigenvalue weighted by Gasteiger charge is 2.13. The van der Waals surface area contributed by atoms with Crippen LogP contribution in [0.25, 0.3) is 0 Å². The van der Waals surface area contributed by atoms with Gasteiger partial charge in [0.1, 0.15) is 5.75 Å². The fourth-order valence-electron chi connectivity index (χ4n) is 2.40. The molecule has 102 valence electrons. The third-order valence-electron chi connectivity index (χ3n) is 3.64. The zero-order valence-electron chi connectivity index (χ0n) is 12.2. The van der Waals surface area contributed by atoms with E-state index in [9.17, 15) is 0 Å². The number of rotatable bonds is 8. The molecule has 0 saturated heterocycles. The molecule has 0 aliphatic rings. The molecule has 1 N–H and O–H groups in total. The molecule has 18 heavy (non-hydrogen) atoms. The van der Waals surface area contributed by atoms with Crippen molar-refractivity contribution in [1.82, 2.24) is 5.32 Å². The molecule has 1 rings (SSSR count). The van der Waals surface area contributed by atoms with E-state index < -0.39 is 0 Å². The van der Waals surface area contributed by atoms with Crippen LogP contribution in [0.4, 0.5) is 0 Å². The molecular weight excluding hydrogens is 222 g/mol. The van der Waals surface area contributed by atoms with Crippen molar-refractivity contribution in [2.24, 2.45) is 5.92 Å². The van der Waals surface area contributed by atoms with E-state index in [4.69, 9.17) is 4.74 Å². The average Bonchev–Trinajstić information content (AvgIpc) is 2.42. The second kappa shape index (κ2) is 8.15. The fourth-order valence-corrected chi connectivity index (χ4v) is 2.40. The Morgan fingerprint density at radius 3 is 2.33 bits per heavy atom. The lowest BCUT2D eigenvalue weighted by atomic mass is 9.92. The zero-order valence-corrected chi connectivity index (χ0v) is 12.2. The Bertz CT molecular complexity index is 320. The number of methoxy groups -OCH3 is 1. The molecule has 2 atom stereocenters. The second-order valence-electron chi connectivity index (χ2n) is 4.94. The first-order chi connectivity index (χ1) is 8.71. The molecule has 0 fully saturated rings. The molecule has 0 radical (unpaired) electrons. The van der Waals surface area contributed by atoms with Crippen LogP contribution in [-0.2, 0) is 6.42 Å². The molecule has 0 aliphatic heterocycles. The number of ether oxygens (including phenoxy) is 1. The summed E-state index contributed by atoms with van der Waals surface area (Å²) in [5, 5.41) is 3.57. The van der Waals surface area contributed by atoms with Gasteiger partial charge < -0.3 is 10.1 Å². The lowest BCUT2D eigenvalue weighted by Crippen LogP contribution is -2.34. The lowest BCUT2D eigenvalue weighted by molar-refractivity contribution is 0.354. The third kappa shape index (κ3) is 4.69. The van der Waals surface area contributed by atoms with Crippen LogP contribution in [0.15, 0.2) is 24.3 Å². The highest BCUT2D eigenvalue weighted by atomic mass is 16.5. The van der Waals surface area contributed by atoms with Gasteiger partial charge in [0, 0.05) is 6.04 Å². The van der Waals surface area contributed by atoms with Gasteiger partial charge in [-0.1, -0.05) is 32.9 Å². The van der Waals surface area contributed by atoms with Crippen molar-refractivity contribution in [1.29, 1.82) is 0 Å². The van der Waals surface area contributed by atoms with E-state index >= 15 is 0 Å². The van der Waals surface area contributed by atoms with Crippen LogP contribution in [0.2, 0.25) is 0 Å². The van der Waals surface area contributed by atoms with Gasteiger partial charge in [-0.15, -0.1) is 0 Å². The molecule has 0 bridgehead atoms. The van der Waals surface area contributed by atoms with Crippen LogP contribution in [0.1, 0.15) is 39.2 Å². The summed E-state index contributed by atoms with van der Waals surface area (Å²) < 4.78 is 5.17. The van der Waals surface area contributed by atoms with Gasteiger partial charge in [-0.2, -0.15) is 0 Å². The van der Waals surface area contributed by atoms with E-state index in [0.29, 0.717) is 6.04 Å². The Morgan fingerprint density at radius 1 is 1.17 bits per heavy atom. The molecule has 1 aromatic rings. The minimum atomic E-state index is 0.647. The minimum absolute atomic E-state index is 0.647. The fraction of sp³-hybridized carbons (Fsp3) is 0.625. The van der Waals surface area contributed by atoms with Gasteiger partial charge in [0.2, 0.25) is 0 Å². The smallest absolute Gasteiger partial charge is 0.118 e. The molecular formula is C16H27NO. The summed E-state index contributed by atoms with van der Waals surface area (Å²) in [7, 11) is 1.71. The third-order valence-corrected chi connectivity index (χ3v) is 3.64. The summed E-state index contributed by atoms with van der Waals surface area (Å²) in [5.41, 5.74) is 1.40. The van der Waals surface area contributed by atoms with Gasteiger partial charge in [-0.3, -0.25) is 0 Å². The van der Waals surface area contributed by atoms with Crippen LogP contribution in [0, 0.1) is 5.92 Å². The first kappa shape index (κ1) is 15.0. The summed E-state index contributed by atoms with van der Waals surface area (Å²) in [5.74, 6) is 1.66. The van der Waals surface area contributed by atoms with Crippen molar-refractivity contribution in [3.05, 3.63) is 29.8 Å². The van der Waals surface area contributed by atoms with E-state index in [-0.39, 0.29) is 0 Å². The van der Waals surface area contributed by atoms with E-state index in [1.165, 1.54) is 18.4 Å². The molecule has 1 aromatic carbocycles. The number of benzene rings is 1. The summed E-state index contributed by atoms with van der Waals surface area (Å²) in [4.78, 5) is 0. The first-order valence-electron chi connectivity index (χ1n) is 7.07. The highest BCUT2D eigenvalue weighted by molar-refractivity contribution is 5.27. The summed E-state index contributed by atoms with van der Waals surface area (Å²) >= 11 is 0. The number of hydrogen-bond acceptors (Lipinski definition) is 2. The highest BCUT2D eigenvalue weighted by Crippen LogP contribution is 2.17. The Morgan fingerprint density at radius 2 is 1.83 bits per heavy atom. The van der Waals surface area contributed by atoms with Gasteiger partial charge in [0.25, 0.3) is 0 Å². The lowest BCUT2D eigenvalue weighted by Gasteiger charge is -2.23. The van der Waals surface area contributed by atoms with Crippen molar-refractivity contribution in [2.75, 3.05) is 13.7 Å². The second-order valence-corrected chi connectivity index (χ2v) is 4.94. The molecule has 0 saturated carbocycles. The monoisotopic (exact) mass is 249 g/mol. The molecule has 2 heteroatoms. The molecule has 2 nitrogen and oxygen atoms in total. The standard InChI is InChI=1S/C16H27NO/c1-5-16(17-6-2)13(3)7-8-14-9-11-15(18-4)12-10-14/h9-13,16-17H,5-8H2,1-4H3. The summed E-state index contributed by atoms with van der Waals surface area (Å²) in [6, 6.07) is 9.07. The van der Waals surface area contributed by atoms with Gasteiger partial charge in [-0.25, -0.2) is 0 Å². The predicted octanol–water partition coefficient (Wildman–Crippen LogP) is 3.65. The van der Waals surface area contributed by atoms with Crippen molar-refractivity contribution in [2.45, 2.75) is 46.1 Å². The van der Waals surface area contributed by atoms with Crippen molar-refractivity contribution >= 4 is 0 Å². The maximum atomic E-state index is 5.17. The SMILES string of the molecule is CCNC(CC)C(C)CCc1ccc(OC)cc1. The quantitative estimate of drug-likeness (QED) is 0.759. The minimum Gasteiger partial charge on any atom is -0.497 e. The first-order valence-corrected chi connectivity index (χ1v) is 7.07. The van der Waals surface area contributed by atoms with Crippen molar-refractivity contribution in [3.8, 4) is 5.75 Å². The van der Waals surface area contributed by atoms with E-state index in [1.807, 2.05) is 12.1 Å². The number of hydrogen-bond donors (Lipinski definition) is 1. The van der Waals surface area contributed by atoms with Gasteiger partial charge in [0.15, 0.2) is 0 Å². The Hall–Kier alpha value is -1.02. The van der Waals surface area contributed by atoms with Crippen LogP contribution in [0.5, 0.6) is 5.75 Å². The van der Waals surface area contributed by atoms with E-state index in [0.717, 1.165) is 24.6 Å². The Labute approximate surface area is 112 Å². The van der Waals surface area contributed by atoms with Crippen molar-refractivity contribution < 1.29 is 4.74 Å². The zero-order chi connectivity index (χ0) is 13.4. The summed E-state index contributed by atoms with van der Waals surface area (Å²) in [6.45, 7) is 7.85. The maximum absolute atomic E-state index is 5.17. The van der Waals surface area contributed by atoms with E-state index in [1.54, 1.807) is 7.11 Å². The van der Waals surface area contributed by atoms with E-state index in [2.05, 4.69) is 38.2 Å². The van der Waals surface area contributed by atoms with Crippen molar-refractivity contribution in [3.63, 3.8) is 0 Å². The summed E-state index contributed by atoms with van der Waals surface area (Å²) in [6.07, 6.45) is 3.59. The molecule has 0 spiro atoms. The predicted molar refractivity (Wildman–Crippen MR) is 78.2 cm³/mol. The largest absolute Gasteiger partial charge is 0.497 e. The normalized spacial score (nSPS) is 14.2. The van der Waals surface area contributed by atoms with Gasteiger partial charge >= 0.3 is 0 Å². The van der Waals surface area contributed by atoms with Crippen LogP contribution in [0.3, 0.4) is 0 Å². The molecule has 0 amide bonds.